The highest BCUT2D eigenvalue weighted by Crippen LogP contribution is 2.33. The van der Waals surface area contributed by atoms with E-state index < -0.39 is 0 Å². The number of benzene rings is 2. The highest BCUT2D eigenvalue weighted by molar-refractivity contribution is 8.00. The van der Waals surface area contributed by atoms with E-state index in [1.54, 1.807) is 11.8 Å². The first kappa shape index (κ1) is 16.7. The summed E-state index contributed by atoms with van der Waals surface area (Å²) in [5.74, 6) is 0.576. The molecular weight excluding hydrogens is 326 g/mol. The van der Waals surface area contributed by atoms with Crippen molar-refractivity contribution in [3.8, 4) is 0 Å². The Morgan fingerprint density at radius 3 is 2.52 bits per heavy atom. The summed E-state index contributed by atoms with van der Waals surface area (Å²) in [7, 11) is 0. The zero-order valence-corrected chi connectivity index (χ0v) is 14.8. The molecular formula is C19H22ClNOS. The summed E-state index contributed by atoms with van der Waals surface area (Å²) in [6.07, 6.45) is 7.31. The standard InChI is InChI=1S/C19H22ClNOS/c20-16-11-5-7-14-8-6-12-17(19(14)16)23-13-18(22)21-15-9-3-1-2-4-10-15/h5-8,11-12,15H,1-4,9-10,13H2,(H,21,22). The molecule has 3 rings (SSSR count). The average Bonchev–Trinajstić information content (AvgIpc) is 2.82. The molecule has 0 aliphatic heterocycles. The molecule has 0 unspecified atom stereocenters. The smallest absolute Gasteiger partial charge is 0.230 e. The monoisotopic (exact) mass is 347 g/mol. The van der Waals surface area contributed by atoms with E-state index in [1.807, 2.05) is 24.3 Å². The third-order valence-electron chi connectivity index (χ3n) is 4.39. The summed E-state index contributed by atoms with van der Waals surface area (Å²) in [6, 6.07) is 12.4. The highest BCUT2D eigenvalue weighted by atomic mass is 35.5. The zero-order chi connectivity index (χ0) is 16.1. The molecule has 1 amide bonds. The van der Waals surface area contributed by atoms with Gasteiger partial charge in [0.1, 0.15) is 0 Å². The quantitative estimate of drug-likeness (QED) is 0.590. The van der Waals surface area contributed by atoms with Gasteiger partial charge in [-0.3, -0.25) is 4.79 Å². The SMILES string of the molecule is O=C(CSc1cccc2cccc(Cl)c12)NC1CCCCCC1. The van der Waals surface area contributed by atoms with E-state index in [2.05, 4.69) is 17.4 Å². The lowest BCUT2D eigenvalue weighted by atomic mass is 10.1. The van der Waals surface area contributed by atoms with Gasteiger partial charge in [-0.15, -0.1) is 11.8 Å². The first-order valence-corrected chi connectivity index (χ1v) is 9.70. The Morgan fingerprint density at radius 1 is 1.09 bits per heavy atom. The fourth-order valence-corrected chi connectivity index (χ4v) is 4.48. The van der Waals surface area contributed by atoms with E-state index in [9.17, 15) is 4.79 Å². The number of nitrogens with one attached hydrogen (secondary N) is 1. The third kappa shape index (κ3) is 4.42. The highest BCUT2D eigenvalue weighted by Gasteiger charge is 2.15. The zero-order valence-electron chi connectivity index (χ0n) is 13.2. The molecule has 0 radical (unpaired) electrons. The maximum absolute atomic E-state index is 12.3. The maximum atomic E-state index is 12.3. The largest absolute Gasteiger partial charge is 0.353 e. The number of carbonyl (C=O) groups excluding carboxylic acids is 1. The second-order valence-electron chi connectivity index (χ2n) is 6.14. The van der Waals surface area contributed by atoms with Crippen molar-refractivity contribution in [3.05, 3.63) is 41.4 Å². The predicted octanol–water partition coefficient (Wildman–Crippen LogP) is 5.42. The first-order valence-electron chi connectivity index (χ1n) is 8.33. The Kier molecular flexibility index (Phi) is 5.85. The average molecular weight is 348 g/mol. The normalized spacial score (nSPS) is 16.2. The molecule has 1 fully saturated rings. The predicted molar refractivity (Wildman–Crippen MR) is 99.3 cm³/mol. The van der Waals surface area contributed by atoms with Crippen LogP contribution in [0.1, 0.15) is 38.5 Å². The minimum Gasteiger partial charge on any atom is -0.353 e. The first-order chi connectivity index (χ1) is 11.2. The van der Waals surface area contributed by atoms with Gasteiger partial charge >= 0.3 is 0 Å². The van der Waals surface area contributed by atoms with Gasteiger partial charge in [0.2, 0.25) is 5.91 Å². The van der Waals surface area contributed by atoms with Gasteiger partial charge in [0, 0.05) is 21.3 Å². The molecule has 4 heteroatoms. The van der Waals surface area contributed by atoms with Crippen molar-refractivity contribution in [2.24, 2.45) is 0 Å². The second-order valence-corrected chi connectivity index (χ2v) is 7.56. The van der Waals surface area contributed by atoms with Crippen molar-refractivity contribution < 1.29 is 4.79 Å². The number of amides is 1. The van der Waals surface area contributed by atoms with Crippen LogP contribution >= 0.6 is 23.4 Å². The van der Waals surface area contributed by atoms with Gasteiger partial charge in [-0.2, -0.15) is 0 Å². The number of thioether (sulfide) groups is 1. The van der Waals surface area contributed by atoms with E-state index in [0.29, 0.717) is 11.8 Å². The van der Waals surface area contributed by atoms with E-state index in [-0.39, 0.29) is 5.91 Å². The van der Waals surface area contributed by atoms with Crippen LogP contribution in [0.2, 0.25) is 5.02 Å². The second kappa shape index (κ2) is 8.07. The van der Waals surface area contributed by atoms with Gasteiger partial charge in [0.15, 0.2) is 0 Å². The molecule has 2 aromatic rings. The molecule has 0 atom stereocenters. The summed E-state index contributed by atoms with van der Waals surface area (Å²) in [4.78, 5) is 13.3. The Morgan fingerprint density at radius 2 is 1.78 bits per heavy atom. The van der Waals surface area contributed by atoms with Crippen LogP contribution in [-0.2, 0) is 4.79 Å². The van der Waals surface area contributed by atoms with Crippen molar-refractivity contribution in [3.63, 3.8) is 0 Å². The lowest BCUT2D eigenvalue weighted by Gasteiger charge is -2.16. The van der Waals surface area contributed by atoms with Crippen LogP contribution in [-0.4, -0.2) is 17.7 Å². The minimum absolute atomic E-state index is 0.131. The van der Waals surface area contributed by atoms with E-state index >= 15 is 0 Å². The fraction of sp³-hybridized carbons (Fsp3) is 0.421. The van der Waals surface area contributed by atoms with Crippen LogP contribution in [0.3, 0.4) is 0 Å². The van der Waals surface area contributed by atoms with Crippen molar-refractivity contribution in [1.82, 2.24) is 5.32 Å². The van der Waals surface area contributed by atoms with Gasteiger partial charge in [0.25, 0.3) is 0 Å². The summed E-state index contributed by atoms with van der Waals surface area (Å²) >= 11 is 7.91. The molecule has 122 valence electrons. The molecule has 0 heterocycles. The lowest BCUT2D eigenvalue weighted by molar-refractivity contribution is -0.119. The van der Waals surface area contributed by atoms with E-state index in [0.717, 1.165) is 33.5 Å². The lowest BCUT2D eigenvalue weighted by Crippen LogP contribution is -2.35. The summed E-state index contributed by atoms with van der Waals surface area (Å²) in [5, 5.41) is 6.11. The molecule has 0 saturated heterocycles. The molecule has 0 bridgehead atoms. The third-order valence-corrected chi connectivity index (χ3v) is 5.77. The van der Waals surface area contributed by atoms with Gasteiger partial charge in [-0.1, -0.05) is 61.5 Å². The van der Waals surface area contributed by atoms with Crippen molar-refractivity contribution in [2.45, 2.75) is 49.5 Å². The van der Waals surface area contributed by atoms with Crippen LogP contribution in [0.5, 0.6) is 0 Å². The van der Waals surface area contributed by atoms with Gasteiger partial charge in [-0.25, -0.2) is 0 Å². The molecule has 1 saturated carbocycles. The molecule has 0 aromatic heterocycles. The summed E-state index contributed by atoms with van der Waals surface area (Å²) in [6.45, 7) is 0. The van der Waals surface area contributed by atoms with Crippen molar-refractivity contribution in [2.75, 3.05) is 5.75 Å². The number of hydrogen-bond donors (Lipinski definition) is 1. The number of halogens is 1. The Bertz CT molecular complexity index is 675. The number of fused-ring (bicyclic) bond motifs is 1. The Balaban J connectivity index is 1.63. The van der Waals surface area contributed by atoms with E-state index in [4.69, 9.17) is 11.6 Å². The molecule has 23 heavy (non-hydrogen) atoms. The minimum atomic E-state index is 0.131. The summed E-state index contributed by atoms with van der Waals surface area (Å²) < 4.78 is 0. The molecule has 2 nitrogen and oxygen atoms in total. The number of rotatable bonds is 4. The van der Waals surface area contributed by atoms with Crippen LogP contribution in [0.4, 0.5) is 0 Å². The molecule has 1 aliphatic carbocycles. The fourth-order valence-electron chi connectivity index (χ4n) is 3.22. The molecule has 1 aliphatic rings. The van der Waals surface area contributed by atoms with Gasteiger partial charge in [-0.05, 0) is 30.4 Å². The van der Waals surface area contributed by atoms with Crippen molar-refractivity contribution >= 4 is 40.0 Å². The van der Waals surface area contributed by atoms with Gasteiger partial charge < -0.3 is 5.32 Å². The van der Waals surface area contributed by atoms with Crippen LogP contribution in [0, 0.1) is 0 Å². The van der Waals surface area contributed by atoms with E-state index in [1.165, 1.54) is 25.7 Å². The van der Waals surface area contributed by atoms with Crippen molar-refractivity contribution in [1.29, 1.82) is 0 Å². The number of hydrogen-bond acceptors (Lipinski definition) is 2. The number of carbonyl (C=O) groups is 1. The Hall–Kier alpha value is -1.19. The van der Waals surface area contributed by atoms with Crippen LogP contribution in [0.15, 0.2) is 41.3 Å². The topological polar surface area (TPSA) is 29.1 Å². The van der Waals surface area contributed by atoms with Gasteiger partial charge in [0.05, 0.1) is 5.75 Å². The molecule has 1 N–H and O–H groups in total. The van der Waals surface area contributed by atoms with Crippen LogP contribution < -0.4 is 5.32 Å². The van der Waals surface area contributed by atoms with Crippen LogP contribution in [0.25, 0.3) is 10.8 Å². The maximum Gasteiger partial charge on any atom is 0.230 e. The molecule has 2 aromatic carbocycles. The Labute approximate surface area is 147 Å². The summed E-state index contributed by atoms with van der Waals surface area (Å²) in [5.41, 5.74) is 0. The molecule has 0 spiro atoms.